The number of nitrogens with one attached hydrogen (secondary N) is 1. The van der Waals surface area contributed by atoms with Crippen LogP contribution in [0.2, 0.25) is 0 Å². The molecule has 0 bridgehead atoms. The number of methoxy groups -OCH3 is 1. The third-order valence-electron chi connectivity index (χ3n) is 5.96. The zero-order valence-electron chi connectivity index (χ0n) is 19.6. The Kier molecular flexibility index (Phi) is 6.56. The highest BCUT2D eigenvalue weighted by Crippen LogP contribution is 2.37. The van der Waals surface area contributed by atoms with Crippen molar-refractivity contribution >= 4 is 22.6 Å². The second-order valence-electron chi connectivity index (χ2n) is 8.90. The molecule has 3 aromatic rings. The van der Waals surface area contributed by atoms with Gasteiger partial charge in [0.15, 0.2) is 11.4 Å². The number of aliphatic hydroxyl groups is 2. The molecule has 1 aliphatic heterocycles. The first-order valence-electron chi connectivity index (χ1n) is 10.9. The number of ether oxygens (including phenoxy) is 3. The van der Waals surface area contributed by atoms with E-state index in [2.05, 4.69) is 5.32 Å². The summed E-state index contributed by atoms with van der Waals surface area (Å²) in [5.41, 5.74) is -1.48. The third-order valence-corrected chi connectivity index (χ3v) is 5.96. The van der Waals surface area contributed by atoms with Crippen molar-refractivity contribution in [2.45, 2.75) is 51.0 Å². The lowest BCUT2D eigenvalue weighted by Crippen LogP contribution is -2.63. The molecule has 1 aliphatic rings. The molecular formula is C25H27NO9. The number of aliphatic hydroxyl groups excluding tert-OH is 2. The van der Waals surface area contributed by atoms with E-state index in [-0.39, 0.29) is 16.7 Å². The molecule has 1 fully saturated rings. The minimum absolute atomic E-state index is 0.0995. The van der Waals surface area contributed by atoms with E-state index in [0.717, 1.165) is 0 Å². The van der Waals surface area contributed by atoms with Gasteiger partial charge in [-0.15, -0.1) is 0 Å². The maximum Gasteiger partial charge on any atom is 0.364 e. The van der Waals surface area contributed by atoms with E-state index in [1.165, 1.54) is 19.2 Å². The summed E-state index contributed by atoms with van der Waals surface area (Å²) in [6.45, 7) is 5.03. The van der Waals surface area contributed by atoms with Crippen LogP contribution in [-0.4, -0.2) is 58.5 Å². The lowest BCUT2D eigenvalue weighted by Gasteiger charge is -2.46. The lowest BCUT2D eigenvalue weighted by molar-refractivity contribution is -0.305. The fourth-order valence-electron chi connectivity index (χ4n) is 4.22. The molecule has 0 aliphatic carbocycles. The van der Waals surface area contributed by atoms with Gasteiger partial charge in [-0.1, -0.05) is 18.2 Å². The first kappa shape index (κ1) is 24.7. The van der Waals surface area contributed by atoms with Crippen LogP contribution in [0.15, 0.2) is 51.7 Å². The third kappa shape index (κ3) is 4.61. The topological polar surface area (TPSA) is 148 Å². The number of anilines is 1. The first-order chi connectivity index (χ1) is 16.5. The zero-order valence-corrected chi connectivity index (χ0v) is 19.6. The maximum absolute atomic E-state index is 12.5. The van der Waals surface area contributed by atoms with Crippen molar-refractivity contribution in [3.8, 4) is 11.5 Å². The van der Waals surface area contributed by atoms with E-state index in [1.807, 2.05) is 0 Å². The van der Waals surface area contributed by atoms with E-state index >= 15 is 0 Å². The minimum Gasteiger partial charge on any atom is -0.505 e. The number of carbonyl (C=O) groups is 1. The summed E-state index contributed by atoms with van der Waals surface area (Å²) in [4.78, 5) is 25.0. The molecule has 1 saturated heterocycles. The number of rotatable bonds is 5. The van der Waals surface area contributed by atoms with Gasteiger partial charge < -0.3 is 39.3 Å². The molecule has 0 spiro atoms. The van der Waals surface area contributed by atoms with Gasteiger partial charge in [0, 0.05) is 12.7 Å². The number of benzene rings is 2. The van der Waals surface area contributed by atoms with E-state index in [1.54, 1.807) is 51.1 Å². The molecule has 2 heterocycles. The Morgan fingerprint density at radius 3 is 2.46 bits per heavy atom. The van der Waals surface area contributed by atoms with Crippen molar-refractivity contribution in [2.75, 3.05) is 12.4 Å². The summed E-state index contributed by atoms with van der Waals surface area (Å²) in [6.07, 6.45) is -4.74. The summed E-state index contributed by atoms with van der Waals surface area (Å²) in [7, 11) is 1.41. The lowest BCUT2D eigenvalue weighted by atomic mass is 9.89. The molecule has 35 heavy (non-hydrogen) atoms. The van der Waals surface area contributed by atoms with Crippen LogP contribution in [-0.2, 0) is 9.47 Å². The van der Waals surface area contributed by atoms with E-state index in [9.17, 15) is 24.9 Å². The van der Waals surface area contributed by atoms with Crippen molar-refractivity contribution in [1.29, 1.82) is 0 Å². The zero-order chi connectivity index (χ0) is 25.5. The molecule has 10 heteroatoms. The highest BCUT2D eigenvalue weighted by atomic mass is 16.7. The number of aromatic hydroxyl groups is 1. The largest absolute Gasteiger partial charge is 0.505 e. The molecule has 10 nitrogen and oxygen atoms in total. The molecule has 1 amide bonds. The summed E-state index contributed by atoms with van der Waals surface area (Å²) in [6, 6.07) is 11.1. The predicted octanol–water partition coefficient (Wildman–Crippen LogP) is 2.31. The molecule has 4 atom stereocenters. The number of hydrogen-bond acceptors (Lipinski definition) is 9. The van der Waals surface area contributed by atoms with Gasteiger partial charge in [0.25, 0.3) is 5.91 Å². The van der Waals surface area contributed by atoms with Crippen molar-refractivity contribution in [3.63, 3.8) is 0 Å². The summed E-state index contributed by atoms with van der Waals surface area (Å²) in [5, 5.41) is 34.3. The molecular weight excluding hydrogens is 458 g/mol. The molecule has 4 N–H and O–H groups in total. The molecule has 1 aromatic heterocycles. The van der Waals surface area contributed by atoms with Crippen LogP contribution in [0.3, 0.4) is 0 Å². The second kappa shape index (κ2) is 9.31. The summed E-state index contributed by atoms with van der Waals surface area (Å²) < 4.78 is 22.3. The Labute approximate surface area is 200 Å². The molecule has 186 valence electrons. The van der Waals surface area contributed by atoms with Gasteiger partial charge in [0.2, 0.25) is 6.29 Å². The van der Waals surface area contributed by atoms with Gasteiger partial charge in [0.05, 0.1) is 11.0 Å². The van der Waals surface area contributed by atoms with Crippen LogP contribution in [0.1, 0.15) is 29.8 Å². The van der Waals surface area contributed by atoms with Crippen molar-refractivity contribution < 1.29 is 38.7 Å². The number of aryl methyl sites for hydroxylation is 1. The predicted molar refractivity (Wildman–Crippen MR) is 126 cm³/mol. The standard InChI is InChI=1S/C25H27NO9/c1-12-10-14(33-24-19(29)18(28)21(32-4)25(2,3)35-24)11-15-17(27)16(23(31)34-20(12)15)26-22(30)13-8-6-5-7-9-13/h5-11,18-19,21,24,27-29H,1-4H3,(H,26,30)/t18-,19-,21+,24-/m1/s1. The van der Waals surface area contributed by atoms with Crippen LogP contribution in [0.25, 0.3) is 11.0 Å². The molecule has 2 aromatic carbocycles. The maximum atomic E-state index is 12.5. The van der Waals surface area contributed by atoms with Gasteiger partial charge in [-0.05, 0) is 50.6 Å². The minimum atomic E-state index is -1.42. The first-order valence-corrected chi connectivity index (χ1v) is 10.9. The Morgan fingerprint density at radius 1 is 1.11 bits per heavy atom. The van der Waals surface area contributed by atoms with E-state index in [4.69, 9.17) is 18.6 Å². The average Bonchev–Trinajstić information content (AvgIpc) is 2.81. The molecule has 0 radical (unpaired) electrons. The van der Waals surface area contributed by atoms with Gasteiger partial charge >= 0.3 is 5.63 Å². The normalized spacial score (nSPS) is 23.7. The Balaban J connectivity index is 1.68. The SMILES string of the molecule is CO[C@H]1[C@H](O)[C@@H](O)[C@H](Oc2cc(C)c3oc(=O)c(NC(=O)c4ccccc4)c(O)c3c2)OC1(C)C. The second-order valence-corrected chi connectivity index (χ2v) is 8.90. The van der Waals surface area contributed by atoms with E-state index < -0.39 is 53.2 Å². The molecule has 4 rings (SSSR count). The summed E-state index contributed by atoms with van der Waals surface area (Å²) >= 11 is 0. The fraction of sp³-hybridized carbons (Fsp3) is 0.360. The number of fused-ring (bicyclic) bond motifs is 1. The number of hydrogen-bond donors (Lipinski definition) is 4. The van der Waals surface area contributed by atoms with Crippen LogP contribution < -0.4 is 15.7 Å². The van der Waals surface area contributed by atoms with Crippen molar-refractivity contribution in [3.05, 3.63) is 64.0 Å². The number of amides is 1. The van der Waals surface area contributed by atoms with E-state index in [0.29, 0.717) is 11.1 Å². The van der Waals surface area contributed by atoms with Crippen LogP contribution >= 0.6 is 0 Å². The Hall–Kier alpha value is -3.44. The Bertz CT molecular complexity index is 1300. The Morgan fingerprint density at radius 2 is 1.80 bits per heavy atom. The van der Waals surface area contributed by atoms with Crippen LogP contribution in [0, 0.1) is 6.92 Å². The molecule has 0 saturated carbocycles. The smallest absolute Gasteiger partial charge is 0.364 e. The highest BCUT2D eigenvalue weighted by molar-refractivity contribution is 6.06. The monoisotopic (exact) mass is 485 g/mol. The van der Waals surface area contributed by atoms with Gasteiger partial charge in [0.1, 0.15) is 29.6 Å². The highest BCUT2D eigenvalue weighted by Gasteiger charge is 2.50. The van der Waals surface area contributed by atoms with Crippen LogP contribution in [0.5, 0.6) is 11.5 Å². The quantitative estimate of drug-likeness (QED) is 0.400. The van der Waals surface area contributed by atoms with Crippen molar-refractivity contribution in [1.82, 2.24) is 0 Å². The van der Waals surface area contributed by atoms with Gasteiger partial charge in [-0.2, -0.15) is 0 Å². The van der Waals surface area contributed by atoms with Gasteiger partial charge in [-0.3, -0.25) is 4.79 Å². The fourth-order valence-corrected chi connectivity index (χ4v) is 4.22. The molecule has 0 unspecified atom stereocenters. The summed E-state index contributed by atoms with van der Waals surface area (Å²) in [5.74, 6) is -0.930. The number of carbonyl (C=O) groups excluding carboxylic acids is 1. The average molecular weight is 485 g/mol. The van der Waals surface area contributed by atoms with Crippen molar-refractivity contribution in [2.24, 2.45) is 0 Å². The van der Waals surface area contributed by atoms with Crippen LogP contribution in [0.4, 0.5) is 5.69 Å². The van der Waals surface area contributed by atoms with Gasteiger partial charge in [-0.25, -0.2) is 4.79 Å².